The van der Waals surface area contributed by atoms with Gasteiger partial charge in [-0.05, 0) is 25.3 Å². The smallest absolute Gasteiger partial charge is 0.0388 e. The lowest BCUT2D eigenvalue weighted by Crippen LogP contribution is -2.35. The largest absolute Gasteiger partial charge is 0.313 e. The molecule has 2 nitrogen and oxygen atoms in total. The summed E-state index contributed by atoms with van der Waals surface area (Å²) in [6, 6.07) is 0.453. The third kappa shape index (κ3) is 9.06. The molecule has 92 valence electrons. The fourth-order valence-corrected chi connectivity index (χ4v) is 3.22. The van der Waals surface area contributed by atoms with E-state index < -0.39 is 10.8 Å². The highest BCUT2D eigenvalue weighted by atomic mass is 32.2. The first-order valence-electron chi connectivity index (χ1n) is 6.18. The predicted octanol–water partition coefficient (Wildman–Crippen LogP) is 2.56. The van der Waals surface area contributed by atoms with Crippen molar-refractivity contribution in [3.05, 3.63) is 0 Å². The van der Waals surface area contributed by atoms with Crippen LogP contribution in [0.2, 0.25) is 0 Å². The number of hydrogen-bond donors (Lipinski definition) is 1. The summed E-state index contributed by atoms with van der Waals surface area (Å²) in [6.45, 7) is 9.66. The molecule has 0 saturated heterocycles. The zero-order valence-corrected chi connectivity index (χ0v) is 11.5. The van der Waals surface area contributed by atoms with Gasteiger partial charge in [0.25, 0.3) is 0 Å². The second kappa shape index (κ2) is 9.34. The molecule has 0 aliphatic carbocycles. The van der Waals surface area contributed by atoms with Crippen LogP contribution in [0.25, 0.3) is 0 Å². The first kappa shape index (κ1) is 15.1. The van der Waals surface area contributed by atoms with Crippen molar-refractivity contribution in [3.63, 3.8) is 0 Å². The second-order valence-corrected chi connectivity index (χ2v) is 6.15. The number of rotatable bonds is 9. The van der Waals surface area contributed by atoms with Crippen LogP contribution in [0.1, 0.15) is 47.0 Å². The van der Waals surface area contributed by atoms with Crippen molar-refractivity contribution < 1.29 is 4.21 Å². The monoisotopic (exact) mass is 233 g/mol. The molecule has 0 aromatic rings. The zero-order chi connectivity index (χ0) is 11.7. The highest BCUT2D eigenvalue weighted by Crippen LogP contribution is 2.03. The van der Waals surface area contributed by atoms with E-state index in [1.807, 2.05) is 0 Å². The zero-order valence-electron chi connectivity index (χ0n) is 10.7. The third-order valence-corrected chi connectivity index (χ3v) is 4.04. The standard InChI is InChI=1S/C12H27NOS/c1-5-7-12(13-8-6-2)10-15(14)9-11(3)4/h11-13H,5-10H2,1-4H3. The number of hydrogen-bond acceptors (Lipinski definition) is 2. The second-order valence-electron chi connectivity index (χ2n) is 4.61. The summed E-state index contributed by atoms with van der Waals surface area (Å²) in [7, 11) is -0.648. The van der Waals surface area contributed by atoms with Crippen molar-refractivity contribution in [3.8, 4) is 0 Å². The SMILES string of the molecule is CCCNC(CCC)CS(=O)CC(C)C. The van der Waals surface area contributed by atoms with E-state index in [1.165, 1.54) is 6.42 Å². The summed E-state index contributed by atoms with van der Waals surface area (Å²) in [5, 5.41) is 3.48. The quantitative estimate of drug-likeness (QED) is 0.663. The molecule has 2 atom stereocenters. The van der Waals surface area contributed by atoms with Crippen molar-refractivity contribution in [1.29, 1.82) is 0 Å². The Hall–Kier alpha value is 0.110. The Balaban J connectivity index is 3.86. The van der Waals surface area contributed by atoms with Gasteiger partial charge in [-0.2, -0.15) is 0 Å². The molecule has 0 rings (SSSR count). The van der Waals surface area contributed by atoms with Gasteiger partial charge < -0.3 is 5.32 Å². The van der Waals surface area contributed by atoms with E-state index in [0.29, 0.717) is 12.0 Å². The van der Waals surface area contributed by atoms with Crippen LogP contribution in [0.15, 0.2) is 0 Å². The topological polar surface area (TPSA) is 29.1 Å². The van der Waals surface area contributed by atoms with Crippen LogP contribution in [0, 0.1) is 5.92 Å². The lowest BCUT2D eigenvalue weighted by atomic mass is 10.2. The molecule has 0 radical (unpaired) electrons. The predicted molar refractivity (Wildman–Crippen MR) is 69.7 cm³/mol. The van der Waals surface area contributed by atoms with Crippen molar-refractivity contribution in [2.24, 2.45) is 5.92 Å². The van der Waals surface area contributed by atoms with Crippen molar-refractivity contribution in [1.82, 2.24) is 5.32 Å². The van der Waals surface area contributed by atoms with E-state index in [0.717, 1.165) is 30.9 Å². The van der Waals surface area contributed by atoms with Crippen LogP contribution in [-0.2, 0) is 10.8 Å². The summed E-state index contributed by atoms with van der Waals surface area (Å²) < 4.78 is 11.8. The van der Waals surface area contributed by atoms with Crippen molar-refractivity contribution >= 4 is 10.8 Å². The van der Waals surface area contributed by atoms with Crippen LogP contribution in [-0.4, -0.2) is 28.3 Å². The van der Waals surface area contributed by atoms with Crippen molar-refractivity contribution in [2.75, 3.05) is 18.1 Å². The molecule has 0 aromatic heterocycles. The average molecular weight is 233 g/mol. The van der Waals surface area contributed by atoms with Gasteiger partial charge in [-0.25, -0.2) is 0 Å². The number of nitrogens with one attached hydrogen (secondary N) is 1. The molecule has 3 heteroatoms. The Kier molecular flexibility index (Phi) is 9.41. The summed E-state index contributed by atoms with van der Waals surface area (Å²) in [5.74, 6) is 2.21. The van der Waals surface area contributed by atoms with Gasteiger partial charge in [-0.15, -0.1) is 0 Å². The summed E-state index contributed by atoms with van der Waals surface area (Å²) >= 11 is 0. The Bertz CT molecular complexity index is 171. The van der Waals surface area contributed by atoms with Crippen LogP contribution < -0.4 is 5.32 Å². The van der Waals surface area contributed by atoms with E-state index in [-0.39, 0.29) is 0 Å². The Morgan fingerprint density at radius 1 is 1.13 bits per heavy atom. The molecule has 0 bridgehead atoms. The van der Waals surface area contributed by atoms with Gasteiger partial charge in [0, 0.05) is 28.3 Å². The van der Waals surface area contributed by atoms with Crippen LogP contribution in [0.5, 0.6) is 0 Å². The normalized spacial score (nSPS) is 15.5. The highest BCUT2D eigenvalue weighted by Gasteiger charge is 2.11. The maximum Gasteiger partial charge on any atom is 0.0388 e. The Labute approximate surface area is 97.7 Å². The fourth-order valence-electron chi connectivity index (χ4n) is 1.61. The molecule has 0 aliphatic heterocycles. The molecule has 15 heavy (non-hydrogen) atoms. The van der Waals surface area contributed by atoms with Gasteiger partial charge in [-0.1, -0.05) is 34.1 Å². The van der Waals surface area contributed by atoms with Gasteiger partial charge in [0.2, 0.25) is 0 Å². The van der Waals surface area contributed by atoms with E-state index in [4.69, 9.17) is 0 Å². The lowest BCUT2D eigenvalue weighted by Gasteiger charge is -2.17. The molecule has 0 saturated carbocycles. The first-order chi connectivity index (χ1) is 7.10. The van der Waals surface area contributed by atoms with E-state index in [1.54, 1.807) is 0 Å². The lowest BCUT2D eigenvalue weighted by molar-refractivity contribution is 0.509. The van der Waals surface area contributed by atoms with Gasteiger partial charge in [0.05, 0.1) is 0 Å². The maximum absolute atomic E-state index is 11.8. The van der Waals surface area contributed by atoms with Crippen molar-refractivity contribution in [2.45, 2.75) is 53.0 Å². The van der Waals surface area contributed by atoms with Gasteiger partial charge >= 0.3 is 0 Å². The van der Waals surface area contributed by atoms with Gasteiger partial charge in [-0.3, -0.25) is 4.21 Å². The first-order valence-corrected chi connectivity index (χ1v) is 7.67. The molecule has 2 unspecified atom stereocenters. The molecule has 0 spiro atoms. The minimum atomic E-state index is -0.648. The summed E-state index contributed by atoms with van der Waals surface area (Å²) in [5.41, 5.74) is 0. The summed E-state index contributed by atoms with van der Waals surface area (Å²) in [4.78, 5) is 0. The molecule has 0 aliphatic rings. The van der Waals surface area contributed by atoms with E-state index >= 15 is 0 Å². The molecule has 0 aromatic carbocycles. The third-order valence-electron chi connectivity index (χ3n) is 2.23. The van der Waals surface area contributed by atoms with Crippen LogP contribution in [0.4, 0.5) is 0 Å². The molecular weight excluding hydrogens is 206 g/mol. The highest BCUT2D eigenvalue weighted by molar-refractivity contribution is 7.85. The molecule has 0 amide bonds. The van der Waals surface area contributed by atoms with E-state index in [9.17, 15) is 4.21 Å². The Morgan fingerprint density at radius 3 is 2.27 bits per heavy atom. The maximum atomic E-state index is 11.8. The molecular formula is C12H27NOS. The van der Waals surface area contributed by atoms with Gasteiger partial charge in [0.1, 0.15) is 0 Å². The molecule has 0 fully saturated rings. The average Bonchev–Trinajstić information content (AvgIpc) is 2.13. The summed E-state index contributed by atoms with van der Waals surface area (Å²) in [6.07, 6.45) is 3.46. The van der Waals surface area contributed by atoms with Gasteiger partial charge in [0.15, 0.2) is 0 Å². The molecule has 0 heterocycles. The van der Waals surface area contributed by atoms with Crippen LogP contribution in [0.3, 0.4) is 0 Å². The molecule has 1 N–H and O–H groups in total. The minimum absolute atomic E-state index is 0.453. The van der Waals surface area contributed by atoms with Crippen LogP contribution >= 0.6 is 0 Å². The van der Waals surface area contributed by atoms with E-state index in [2.05, 4.69) is 33.0 Å². The fraction of sp³-hybridized carbons (Fsp3) is 1.00. The minimum Gasteiger partial charge on any atom is -0.313 e. The Morgan fingerprint density at radius 2 is 1.80 bits per heavy atom.